The van der Waals surface area contributed by atoms with Crippen molar-refractivity contribution < 1.29 is 21.7 Å². The Balaban J connectivity index is 0.000000249. The fraction of sp³-hybridized carbons (Fsp3) is 0.150. The van der Waals surface area contributed by atoms with E-state index in [0.717, 1.165) is 41.2 Å². The fourth-order valence-corrected chi connectivity index (χ4v) is 4.88. The summed E-state index contributed by atoms with van der Waals surface area (Å²) < 4.78 is 0. The normalized spacial score (nSPS) is 11.5. The summed E-state index contributed by atoms with van der Waals surface area (Å²) in [6.45, 7) is 21.2. The number of nitrogens with zero attached hydrogens (tertiary/aromatic N) is 3. The van der Waals surface area contributed by atoms with Crippen molar-refractivity contribution in [3.05, 3.63) is 193 Å². The number of hydrogen-bond acceptors (Lipinski definition) is 0. The minimum absolute atomic E-state index is 0. The van der Waals surface area contributed by atoms with Crippen LogP contribution in [0, 0.1) is 48.5 Å². The van der Waals surface area contributed by atoms with Crippen LogP contribution in [0.3, 0.4) is 0 Å². The maximum absolute atomic E-state index is 10.8. The summed E-state index contributed by atoms with van der Waals surface area (Å²) >= 11 is 0. The second-order valence-corrected chi connectivity index (χ2v) is 10.6. The van der Waals surface area contributed by atoms with E-state index in [4.69, 9.17) is 0 Å². The molecule has 1 heterocycles. The largest absolute Gasteiger partial charge is 4.00 e. The van der Waals surface area contributed by atoms with Crippen LogP contribution < -0.4 is 9.80 Å². The van der Waals surface area contributed by atoms with E-state index >= 15 is 0 Å². The van der Waals surface area contributed by atoms with Crippen LogP contribution in [-0.4, -0.2) is 19.0 Å². The molecule has 0 N–H and O–H groups in total. The number of hydrogen-bond donors (Lipinski definition) is 0. The molecule has 5 aromatic rings. The van der Waals surface area contributed by atoms with Crippen molar-refractivity contribution in [1.29, 1.82) is 0 Å². The number of aryl methyl sites for hydroxylation is 4. The molecule has 0 aromatic heterocycles. The molecule has 0 saturated carbocycles. The minimum Gasteiger partial charge on any atom is -0.397 e. The third-order valence-corrected chi connectivity index (χ3v) is 6.87. The molecule has 1 fully saturated rings. The van der Waals surface area contributed by atoms with Crippen LogP contribution in [0.15, 0.2) is 127 Å². The van der Waals surface area contributed by atoms with Crippen LogP contribution in [0.4, 0.5) is 11.4 Å². The van der Waals surface area contributed by atoms with E-state index in [1.54, 1.807) is 0 Å². The average Bonchev–Trinajstić information content (AvgIpc) is 3.35. The van der Waals surface area contributed by atoms with Crippen LogP contribution in [-0.2, 0) is 21.7 Å². The van der Waals surface area contributed by atoms with Crippen LogP contribution in [0.2, 0.25) is 0 Å². The van der Waals surface area contributed by atoms with Gasteiger partial charge >= 0.3 is 21.7 Å². The molecule has 0 unspecified atom stereocenters. The van der Waals surface area contributed by atoms with Gasteiger partial charge in [-0.05, 0) is 68.8 Å². The topological polar surface area (TPSA) is 28.8 Å². The van der Waals surface area contributed by atoms with Gasteiger partial charge in [0.05, 0.1) is 0 Å². The van der Waals surface area contributed by atoms with Crippen molar-refractivity contribution in [2.24, 2.45) is 0 Å². The van der Waals surface area contributed by atoms with Crippen molar-refractivity contribution >= 4 is 17.3 Å². The zero-order valence-electron chi connectivity index (χ0n) is 26.5. The van der Waals surface area contributed by atoms with Gasteiger partial charge in [0.15, 0.2) is 0 Å². The first-order valence-electron chi connectivity index (χ1n) is 14.5. The van der Waals surface area contributed by atoms with E-state index in [0.29, 0.717) is 5.96 Å². The van der Waals surface area contributed by atoms with Crippen LogP contribution in [0.5, 0.6) is 0 Å². The third-order valence-electron chi connectivity index (χ3n) is 6.87. The molecule has 1 saturated heterocycles. The van der Waals surface area contributed by atoms with Gasteiger partial charge in [0.25, 0.3) is 0 Å². The van der Waals surface area contributed by atoms with E-state index < -0.39 is 0 Å². The van der Waals surface area contributed by atoms with Gasteiger partial charge < -0.3 is 15.2 Å². The fourth-order valence-electron chi connectivity index (χ4n) is 4.88. The molecule has 0 atom stereocenters. The number of anilines is 2. The molecule has 0 bridgehead atoms. The Bertz CT molecular complexity index is 1440. The number of para-hydroxylation sites is 1. The Morgan fingerprint density at radius 3 is 1.23 bits per heavy atom. The maximum atomic E-state index is 10.8. The van der Waals surface area contributed by atoms with Gasteiger partial charge in [-0.15, -0.1) is 36.4 Å². The molecule has 6 rings (SSSR count). The summed E-state index contributed by atoms with van der Waals surface area (Å²) in [4.78, 5) is 4.02. The summed E-state index contributed by atoms with van der Waals surface area (Å²) in [6.07, 6.45) is 0. The smallest absolute Gasteiger partial charge is 0.397 e. The standard InChI is InChI=1S/C19H22N3.3C7H7.Ti/c1-13-11-15(3)18(16(4)12-13)22-10-9-21(19(22)20)17-8-6-5-7-14(17)2;3*1-7-5-3-2-4-6-7;/h5-8,11-12H,9-10H2,1-4H3;3*2-6H,1H2;/q4*-1;+4. The van der Waals surface area contributed by atoms with Crippen molar-refractivity contribution in [2.45, 2.75) is 27.7 Å². The van der Waals surface area contributed by atoms with E-state index in [2.05, 4.69) is 72.7 Å². The first kappa shape index (κ1) is 35.9. The Morgan fingerprint density at radius 2 is 0.864 bits per heavy atom. The average molecular weight is 614 g/mol. The van der Waals surface area contributed by atoms with Crippen molar-refractivity contribution in [1.82, 2.24) is 0 Å². The zero-order chi connectivity index (χ0) is 31.2. The molecule has 0 radical (unpaired) electrons. The van der Waals surface area contributed by atoms with E-state index in [-0.39, 0.29) is 21.7 Å². The molecule has 0 amide bonds. The summed E-state index contributed by atoms with van der Waals surface area (Å²) in [6, 6.07) is 42.1. The van der Waals surface area contributed by atoms with Gasteiger partial charge in [0.1, 0.15) is 0 Å². The van der Waals surface area contributed by atoms with Gasteiger partial charge in [-0.1, -0.05) is 60.2 Å². The number of rotatable bonds is 2. The predicted molar refractivity (Wildman–Crippen MR) is 188 cm³/mol. The van der Waals surface area contributed by atoms with Crippen LogP contribution in [0.1, 0.15) is 38.9 Å². The Morgan fingerprint density at radius 1 is 0.500 bits per heavy atom. The molecule has 0 aliphatic carbocycles. The molecular weight excluding hydrogens is 570 g/mol. The molecule has 1 aliphatic rings. The van der Waals surface area contributed by atoms with E-state index in [1.807, 2.05) is 113 Å². The van der Waals surface area contributed by atoms with Gasteiger partial charge in [-0.25, -0.2) is 0 Å². The zero-order valence-corrected chi connectivity index (χ0v) is 28.1. The Kier molecular flexibility index (Phi) is 15.0. The van der Waals surface area contributed by atoms with Crippen molar-refractivity contribution in [2.75, 3.05) is 22.9 Å². The molecule has 3 nitrogen and oxygen atoms in total. The Hall–Kier alpha value is -4.31. The maximum Gasteiger partial charge on any atom is 4.00 e. The first-order valence-corrected chi connectivity index (χ1v) is 14.5. The van der Waals surface area contributed by atoms with Gasteiger partial charge in [-0.2, -0.15) is 73.9 Å². The molecular formula is C40H43N3Ti. The summed E-state index contributed by atoms with van der Waals surface area (Å²) in [5.41, 5.74) is 10.3. The third kappa shape index (κ3) is 11.1. The first-order chi connectivity index (χ1) is 20.7. The predicted octanol–water partition coefficient (Wildman–Crippen LogP) is 9.78. The quantitative estimate of drug-likeness (QED) is 0.147. The van der Waals surface area contributed by atoms with E-state index in [9.17, 15) is 5.41 Å². The molecule has 4 heteroatoms. The second-order valence-electron chi connectivity index (χ2n) is 10.6. The molecule has 0 spiro atoms. The molecule has 1 aliphatic heterocycles. The Labute approximate surface area is 281 Å². The van der Waals surface area contributed by atoms with Gasteiger partial charge in [0.2, 0.25) is 0 Å². The van der Waals surface area contributed by atoms with Crippen LogP contribution >= 0.6 is 0 Å². The summed E-state index contributed by atoms with van der Waals surface area (Å²) in [5.74, 6) is 0.323. The van der Waals surface area contributed by atoms with E-state index in [1.165, 1.54) is 22.3 Å². The van der Waals surface area contributed by atoms with Crippen molar-refractivity contribution in [3.63, 3.8) is 0 Å². The minimum atomic E-state index is 0. The number of benzene rings is 5. The summed E-state index contributed by atoms with van der Waals surface area (Å²) in [7, 11) is 0. The summed E-state index contributed by atoms with van der Waals surface area (Å²) in [5, 5.41) is 10.8. The monoisotopic (exact) mass is 613 g/mol. The van der Waals surface area contributed by atoms with Gasteiger partial charge in [0, 0.05) is 5.96 Å². The van der Waals surface area contributed by atoms with Gasteiger partial charge in [-0.3, -0.25) is 0 Å². The molecule has 5 aromatic carbocycles. The molecule has 44 heavy (non-hydrogen) atoms. The van der Waals surface area contributed by atoms with Crippen LogP contribution in [0.25, 0.3) is 5.41 Å². The molecule has 222 valence electrons. The SMILES string of the molecule is Cc1cc(C)c(N2CCN(c3ccccc3C)C2=[N-])c(C)c1.[CH2-]c1ccccc1.[CH2-]c1ccccc1.[CH2-]c1ccccc1.[Ti+4]. The number of guanidine groups is 1. The van der Waals surface area contributed by atoms with Crippen molar-refractivity contribution in [3.8, 4) is 0 Å². The second kappa shape index (κ2) is 18.4.